The van der Waals surface area contributed by atoms with Crippen molar-refractivity contribution in [3.63, 3.8) is 0 Å². The number of rotatable bonds is 6. The van der Waals surface area contributed by atoms with Crippen molar-refractivity contribution in [2.75, 3.05) is 0 Å². The van der Waals surface area contributed by atoms with Crippen LogP contribution >= 0.6 is 28.5 Å². The van der Waals surface area contributed by atoms with Gasteiger partial charge in [-0.1, -0.05) is 158 Å². The van der Waals surface area contributed by atoms with E-state index >= 15 is 8.78 Å². The van der Waals surface area contributed by atoms with E-state index in [0.717, 1.165) is 44.2 Å². The average Bonchev–Trinajstić information content (AvgIpc) is 3.53. The molecule has 0 amide bonds. The second-order valence-corrected chi connectivity index (χ2v) is 17.8. The third-order valence-electron chi connectivity index (χ3n) is 9.58. The van der Waals surface area contributed by atoms with Crippen molar-refractivity contribution in [2.24, 2.45) is 9.98 Å². The minimum absolute atomic E-state index is 0.348. The molecule has 0 saturated carbocycles. The van der Waals surface area contributed by atoms with Crippen molar-refractivity contribution in [1.82, 2.24) is 0 Å². The van der Waals surface area contributed by atoms with Crippen LogP contribution in [0.4, 0.5) is 20.2 Å². The Bertz CT molecular complexity index is 2400. The fourth-order valence-corrected chi connectivity index (χ4v) is 7.23. The van der Waals surface area contributed by atoms with E-state index in [9.17, 15) is 0 Å². The van der Waals surface area contributed by atoms with E-state index in [4.69, 9.17) is 9.98 Å². The topological polar surface area (TPSA) is 24.7 Å². The molecule has 0 atom stereocenters. The van der Waals surface area contributed by atoms with Gasteiger partial charge in [-0.2, -0.15) is 0 Å². The first-order chi connectivity index (χ1) is 27.0. The molecule has 0 saturated heterocycles. The van der Waals surface area contributed by atoms with Crippen molar-refractivity contribution in [1.29, 1.82) is 0 Å². The zero-order valence-corrected chi connectivity index (χ0v) is 33.2. The summed E-state index contributed by atoms with van der Waals surface area (Å²) in [6, 6.07) is 57.8. The Balaban J connectivity index is 0.00000138. The molecule has 1 aliphatic carbocycles. The maximum absolute atomic E-state index is 15.6. The van der Waals surface area contributed by atoms with Gasteiger partial charge in [-0.25, -0.2) is 18.8 Å². The van der Waals surface area contributed by atoms with Gasteiger partial charge in [-0.15, -0.1) is 0 Å². The zero-order chi connectivity index (χ0) is 37.7. The molecule has 8 aromatic rings. The fourth-order valence-electron chi connectivity index (χ4n) is 7.23. The second-order valence-electron chi connectivity index (χ2n) is 12.8. The summed E-state index contributed by atoms with van der Waals surface area (Å²) in [6.07, 6.45) is 0. The number of nitrogens with zero attached hydrogens (tertiary/aromatic N) is 2. The average molecular weight is 891 g/mol. The molecule has 1 aliphatic rings. The van der Waals surface area contributed by atoms with Gasteiger partial charge in [-0.05, 0) is 51.9 Å². The molecule has 270 valence electrons. The van der Waals surface area contributed by atoms with E-state index in [2.05, 4.69) is 52.7 Å². The molecular formula is C48H30Br2F2N2Ni. The molecule has 2 nitrogen and oxygen atoms in total. The molecule has 0 aliphatic heterocycles. The van der Waals surface area contributed by atoms with Crippen molar-refractivity contribution in [3.8, 4) is 44.5 Å². The van der Waals surface area contributed by atoms with Gasteiger partial charge in [0.05, 0.1) is 22.8 Å². The quantitative estimate of drug-likeness (QED) is 0.149. The van der Waals surface area contributed by atoms with Crippen LogP contribution in [0.2, 0.25) is 0 Å². The van der Waals surface area contributed by atoms with E-state index in [0.29, 0.717) is 45.1 Å². The first-order valence-corrected chi connectivity index (χ1v) is 22.3. The van der Waals surface area contributed by atoms with Gasteiger partial charge in [0, 0.05) is 38.8 Å². The Morgan fingerprint density at radius 1 is 0.364 bits per heavy atom. The van der Waals surface area contributed by atoms with E-state index in [1.54, 1.807) is 24.3 Å². The second kappa shape index (κ2) is 16.6. The number of benzene rings is 8. The molecule has 0 aromatic heterocycles. The molecule has 7 heteroatoms. The van der Waals surface area contributed by atoms with Crippen molar-refractivity contribution in [3.05, 3.63) is 205 Å². The van der Waals surface area contributed by atoms with Gasteiger partial charge in [0.2, 0.25) is 0 Å². The van der Waals surface area contributed by atoms with Crippen LogP contribution < -0.4 is 0 Å². The van der Waals surface area contributed by atoms with E-state index in [1.807, 2.05) is 133 Å². The normalized spacial score (nSPS) is 13.3. The molecule has 0 bridgehead atoms. The first kappa shape index (κ1) is 36.6. The molecule has 0 heterocycles. The fraction of sp³-hybridized carbons (Fsp3) is 0. The minimum atomic E-state index is -0.348. The van der Waals surface area contributed by atoms with E-state index in [-0.39, 0.29) is 11.6 Å². The van der Waals surface area contributed by atoms with Gasteiger partial charge >= 0.3 is 39.3 Å². The van der Waals surface area contributed by atoms with Gasteiger partial charge in [0.25, 0.3) is 0 Å². The predicted molar refractivity (Wildman–Crippen MR) is 229 cm³/mol. The van der Waals surface area contributed by atoms with E-state index in [1.165, 1.54) is 10.9 Å². The maximum atomic E-state index is 15.6. The number of hydrogen-bond donors (Lipinski definition) is 0. The van der Waals surface area contributed by atoms with Gasteiger partial charge < -0.3 is 0 Å². The Hall–Kier alpha value is -5.33. The molecule has 55 heavy (non-hydrogen) atoms. The Morgan fingerprint density at radius 3 is 0.945 bits per heavy atom. The van der Waals surface area contributed by atoms with Gasteiger partial charge in [-0.3, -0.25) is 0 Å². The predicted octanol–water partition coefficient (Wildman–Crippen LogP) is 14.7. The van der Waals surface area contributed by atoms with Gasteiger partial charge in [0.15, 0.2) is 0 Å². The third kappa shape index (κ3) is 7.53. The zero-order valence-electron chi connectivity index (χ0n) is 29.0. The number of halogens is 4. The van der Waals surface area contributed by atoms with Crippen LogP contribution in [-0.4, -0.2) is 11.4 Å². The number of aliphatic imine (C=N–C) groups is 2. The molecule has 0 fully saturated rings. The van der Waals surface area contributed by atoms with Crippen LogP contribution in [0.5, 0.6) is 0 Å². The van der Waals surface area contributed by atoms with Crippen LogP contribution in [0.25, 0.3) is 55.3 Å². The molecule has 0 spiro atoms. The van der Waals surface area contributed by atoms with Crippen molar-refractivity contribution in [2.45, 2.75) is 0 Å². The summed E-state index contributed by atoms with van der Waals surface area (Å²) in [4.78, 5) is 11.1. The summed E-state index contributed by atoms with van der Waals surface area (Å²) in [6.45, 7) is 0. The molecule has 0 N–H and O–H groups in total. The summed E-state index contributed by atoms with van der Waals surface area (Å²) in [5, 5.41) is 2.10. The van der Waals surface area contributed by atoms with Crippen molar-refractivity contribution >= 4 is 62.0 Å². The standard InChI is InChI=1S/C48H30F2N2.2BrH.Ni/c49-36-27-40(31-15-5-1-6-16-31)45(41(28-36)32-17-7-2-8-18-32)51-47-38-25-13-23-35-24-14-26-39(44(35)38)48(47)52-46-42(33-19-9-3-10-20-33)29-37(50)30-43(46)34-21-11-4-12-22-34;;;/h1-30H;2*1H;/q;;;+2/p-2. The summed E-state index contributed by atoms with van der Waals surface area (Å²) in [5.41, 5.74) is 10.5. The molecular weight excluding hydrogens is 861 g/mol. The Kier molecular flexibility index (Phi) is 11.0. The third-order valence-corrected chi connectivity index (χ3v) is 9.58. The van der Waals surface area contributed by atoms with Crippen LogP contribution in [0.3, 0.4) is 0 Å². The first-order valence-electron chi connectivity index (χ1n) is 17.5. The summed E-state index contributed by atoms with van der Waals surface area (Å²) in [7, 11) is 1.25. The van der Waals surface area contributed by atoms with Gasteiger partial charge in [0.1, 0.15) is 11.6 Å². The summed E-state index contributed by atoms with van der Waals surface area (Å²) >= 11 is 6.00. The molecule has 0 radical (unpaired) electrons. The molecule has 9 rings (SSSR count). The monoisotopic (exact) mass is 888 g/mol. The summed E-state index contributed by atoms with van der Waals surface area (Å²) in [5.74, 6) is -0.697. The Labute approximate surface area is 338 Å². The molecule has 8 aromatic carbocycles. The van der Waals surface area contributed by atoms with Crippen LogP contribution in [0.15, 0.2) is 192 Å². The Morgan fingerprint density at radius 2 is 0.655 bits per heavy atom. The van der Waals surface area contributed by atoms with E-state index < -0.39 is 0 Å². The van der Waals surface area contributed by atoms with Crippen LogP contribution in [0.1, 0.15) is 11.1 Å². The number of hydrogen-bond acceptors (Lipinski definition) is 2. The van der Waals surface area contributed by atoms with Crippen molar-refractivity contribution < 1.29 is 19.7 Å². The summed E-state index contributed by atoms with van der Waals surface area (Å²) < 4.78 is 31.2. The molecule has 0 unspecified atom stereocenters. The SMILES string of the molecule is Fc1cc(-c2ccccc2)c(N=C2C(=Nc3c(-c4ccccc4)cc(F)cc3-c3ccccc3)c3cccc4cccc2c34)c(-c2ccccc2)c1.[Br][Ni][Br]. The van der Waals surface area contributed by atoms with Crippen LogP contribution in [-0.2, 0) is 10.9 Å². The van der Waals surface area contributed by atoms with Crippen LogP contribution in [0, 0.1) is 11.6 Å².